The molecule has 1 atom stereocenters. The lowest BCUT2D eigenvalue weighted by Crippen LogP contribution is -2.50. The van der Waals surface area contributed by atoms with Gasteiger partial charge in [-0.15, -0.1) is 11.3 Å². The predicted molar refractivity (Wildman–Crippen MR) is 72.7 cm³/mol. The Balaban J connectivity index is 2.13. The fraction of sp³-hybridized carbons (Fsp3) is 0.667. The Hall–Kier alpha value is -0.130. The quantitative estimate of drug-likeness (QED) is 0.920. The third kappa shape index (κ3) is 3.20. The third-order valence-corrected chi connectivity index (χ3v) is 4.37. The van der Waals surface area contributed by atoms with Crippen molar-refractivity contribution in [2.75, 3.05) is 26.2 Å². The number of morpholine rings is 1. The summed E-state index contributed by atoms with van der Waals surface area (Å²) >= 11 is 7.61. The molecule has 0 bridgehead atoms. The first kappa shape index (κ1) is 13.3. The average molecular weight is 275 g/mol. The zero-order valence-electron chi connectivity index (χ0n) is 10.3. The van der Waals surface area contributed by atoms with E-state index in [2.05, 4.69) is 24.8 Å². The number of nitrogens with two attached hydrogens (primary N) is 1. The van der Waals surface area contributed by atoms with Crippen molar-refractivity contribution in [2.24, 2.45) is 5.73 Å². The highest BCUT2D eigenvalue weighted by Gasteiger charge is 2.31. The fourth-order valence-electron chi connectivity index (χ4n) is 2.27. The lowest BCUT2D eigenvalue weighted by Gasteiger charge is -2.41. The largest absolute Gasteiger partial charge is 0.373 e. The number of rotatable bonds is 3. The number of ether oxygens (including phenoxy) is 1. The van der Waals surface area contributed by atoms with Gasteiger partial charge in [0.15, 0.2) is 0 Å². The van der Waals surface area contributed by atoms with Crippen molar-refractivity contribution < 1.29 is 4.74 Å². The molecule has 2 heterocycles. The molecule has 1 unspecified atom stereocenters. The van der Waals surface area contributed by atoms with Gasteiger partial charge in [-0.3, -0.25) is 4.90 Å². The number of hydrogen-bond acceptors (Lipinski definition) is 4. The van der Waals surface area contributed by atoms with Crippen LogP contribution in [0.3, 0.4) is 0 Å². The van der Waals surface area contributed by atoms with Crippen LogP contribution in [0.2, 0.25) is 4.34 Å². The summed E-state index contributed by atoms with van der Waals surface area (Å²) in [6, 6.07) is 4.28. The van der Waals surface area contributed by atoms with Crippen molar-refractivity contribution in [3.05, 3.63) is 21.3 Å². The molecule has 0 saturated carbocycles. The third-order valence-electron chi connectivity index (χ3n) is 3.04. The first-order valence-corrected chi connectivity index (χ1v) is 7.04. The van der Waals surface area contributed by atoms with E-state index >= 15 is 0 Å². The SMILES string of the molecule is CC1(C)CN(C(CN)c2ccc(Cl)s2)CCO1. The van der Waals surface area contributed by atoms with Gasteiger partial charge in [0, 0.05) is 24.5 Å². The minimum absolute atomic E-state index is 0.0906. The molecule has 3 nitrogen and oxygen atoms in total. The Kier molecular flexibility index (Phi) is 4.10. The summed E-state index contributed by atoms with van der Waals surface area (Å²) < 4.78 is 6.55. The van der Waals surface area contributed by atoms with Gasteiger partial charge in [0.1, 0.15) is 0 Å². The summed E-state index contributed by atoms with van der Waals surface area (Å²) in [6.45, 7) is 7.46. The number of hydrogen-bond donors (Lipinski definition) is 1. The van der Waals surface area contributed by atoms with Crippen LogP contribution in [0.25, 0.3) is 0 Å². The lowest BCUT2D eigenvalue weighted by molar-refractivity contribution is -0.0964. The molecule has 5 heteroatoms. The Labute approximate surface area is 112 Å². The van der Waals surface area contributed by atoms with Gasteiger partial charge in [0.05, 0.1) is 22.6 Å². The van der Waals surface area contributed by atoms with Crippen LogP contribution < -0.4 is 5.73 Å². The summed E-state index contributed by atoms with van der Waals surface area (Å²) in [4.78, 5) is 3.64. The minimum atomic E-state index is -0.0906. The Morgan fingerprint density at radius 2 is 2.35 bits per heavy atom. The molecule has 0 amide bonds. The van der Waals surface area contributed by atoms with Crippen LogP contribution in [0, 0.1) is 0 Å². The molecular weight excluding hydrogens is 256 g/mol. The van der Waals surface area contributed by atoms with Crippen LogP contribution in [0.1, 0.15) is 24.8 Å². The monoisotopic (exact) mass is 274 g/mol. The molecule has 0 aromatic carbocycles. The molecule has 1 saturated heterocycles. The topological polar surface area (TPSA) is 38.5 Å². The standard InChI is InChI=1S/C12H19ClN2OS/c1-12(2)8-15(5-6-16-12)9(7-14)10-3-4-11(13)17-10/h3-4,9H,5-8,14H2,1-2H3. The van der Waals surface area contributed by atoms with E-state index < -0.39 is 0 Å². The molecule has 2 rings (SSSR count). The molecule has 0 spiro atoms. The highest BCUT2D eigenvalue weighted by molar-refractivity contribution is 7.16. The van der Waals surface area contributed by atoms with E-state index in [1.54, 1.807) is 11.3 Å². The van der Waals surface area contributed by atoms with Crippen molar-refractivity contribution in [2.45, 2.75) is 25.5 Å². The minimum Gasteiger partial charge on any atom is -0.373 e. The van der Waals surface area contributed by atoms with E-state index in [0.717, 1.165) is 24.0 Å². The molecule has 1 aliphatic rings. The predicted octanol–water partition coefficient (Wildman–Crippen LogP) is 2.51. The van der Waals surface area contributed by atoms with Crippen LogP contribution in [0.15, 0.2) is 12.1 Å². The van der Waals surface area contributed by atoms with Gasteiger partial charge in [-0.05, 0) is 26.0 Å². The number of nitrogens with zero attached hydrogens (tertiary/aromatic N) is 1. The summed E-state index contributed by atoms with van der Waals surface area (Å²) in [5.74, 6) is 0. The molecule has 1 fully saturated rings. The Morgan fingerprint density at radius 3 is 2.88 bits per heavy atom. The fourth-order valence-corrected chi connectivity index (χ4v) is 3.48. The maximum atomic E-state index is 5.99. The van der Waals surface area contributed by atoms with Crippen molar-refractivity contribution in [3.8, 4) is 0 Å². The number of thiophene rings is 1. The van der Waals surface area contributed by atoms with Gasteiger partial charge >= 0.3 is 0 Å². The van der Waals surface area contributed by atoms with E-state index in [0.29, 0.717) is 6.54 Å². The van der Waals surface area contributed by atoms with Gasteiger partial charge in [-0.2, -0.15) is 0 Å². The van der Waals surface area contributed by atoms with Crippen molar-refractivity contribution in [3.63, 3.8) is 0 Å². The zero-order valence-corrected chi connectivity index (χ0v) is 11.9. The van der Waals surface area contributed by atoms with Crippen molar-refractivity contribution in [1.29, 1.82) is 0 Å². The van der Waals surface area contributed by atoms with Crippen LogP contribution in [0.5, 0.6) is 0 Å². The van der Waals surface area contributed by atoms with E-state index in [1.165, 1.54) is 4.88 Å². The molecule has 1 aliphatic heterocycles. The highest BCUT2D eigenvalue weighted by Crippen LogP contribution is 2.32. The molecule has 2 N–H and O–H groups in total. The average Bonchev–Trinajstić information content (AvgIpc) is 2.64. The Bertz CT molecular complexity index is 380. The second-order valence-electron chi connectivity index (χ2n) is 4.97. The molecule has 0 aliphatic carbocycles. The zero-order chi connectivity index (χ0) is 12.5. The molecule has 1 aromatic heterocycles. The van der Waals surface area contributed by atoms with E-state index in [-0.39, 0.29) is 11.6 Å². The van der Waals surface area contributed by atoms with Crippen LogP contribution in [-0.2, 0) is 4.74 Å². The maximum Gasteiger partial charge on any atom is 0.0931 e. The molecule has 0 radical (unpaired) electrons. The first-order chi connectivity index (χ1) is 8.02. The van der Waals surface area contributed by atoms with Gasteiger partial charge in [-0.25, -0.2) is 0 Å². The second-order valence-corrected chi connectivity index (χ2v) is 6.72. The molecule has 17 heavy (non-hydrogen) atoms. The van der Waals surface area contributed by atoms with E-state index in [9.17, 15) is 0 Å². The first-order valence-electron chi connectivity index (χ1n) is 5.85. The van der Waals surface area contributed by atoms with Gasteiger partial charge in [-0.1, -0.05) is 11.6 Å². The smallest absolute Gasteiger partial charge is 0.0931 e. The summed E-state index contributed by atoms with van der Waals surface area (Å²) in [5, 5.41) is 0. The van der Waals surface area contributed by atoms with Gasteiger partial charge in [0.25, 0.3) is 0 Å². The second kappa shape index (κ2) is 5.24. The molecule has 96 valence electrons. The normalized spacial score (nSPS) is 22.6. The summed E-state index contributed by atoms with van der Waals surface area (Å²) in [6.07, 6.45) is 0. The molecular formula is C12H19ClN2OS. The van der Waals surface area contributed by atoms with Crippen LogP contribution in [0.4, 0.5) is 0 Å². The highest BCUT2D eigenvalue weighted by atomic mass is 35.5. The maximum absolute atomic E-state index is 5.99. The van der Waals surface area contributed by atoms with Crippen molar-refractivity contribution >= 4 is 22.9 Å². The van der Waals surface area contributed by atoms with Crippen molar-refractivity contribution in [1.82, 2.24) is 4.90 Å². The summed E-state index contributed by atoms with van der Waals surface area (Å²) in [5.41, 5.74) is 5.82. The molecule has 1 aromatic rings. The van der Waals surface area contributed by atoms with E-state index in [4.69, 9.17) is 22.1 Å². The van der Waals surface area contributed by atoms with Crippen LogP contribution in [-0.4, -0.2) is 36.7 Å². The van der Waals surface area contributed by atoms with Gasteiger partial charge in [0.2, 0.25) is 0 Å². The van der Waals surface area contributed by atoms with E-state index in [1.807, 2.05) is 6.07 Å². The van der Waals surface area contributed by atoms with Gasteiger partial charge < -0.3 is 10.5 Å². The number of halogens is 1. The lowest BCUT2D eigenvalue weighted by atomic mass is 10.0. The Morgan fingerprint density at radius 1 is 1.59 bits per heavy atom. The van der Waals surface area contributed by atoms with Crippen LogP contribution >= 0.6 is 22.9 Å². The summed E-state index contributed by atoms with van der Waals surface area (Å²) in [7, 11) is 0.